The van der Waals surface area contributed by atoms with Crippen molar-refractivity contribution < 1.29 is 26.7 Å². The third kappa shape index (κ3) is 7.68. The minimum Gasteiger partial charge on any atom is -0.444 e. The predicted molar refractivity (Wildman–Crippen MR) is 146 cm³/mol. The van der Waals surface area contributed by atoms with Crippen molar-refractivity contribution in [3.8, 4) is 0 Å². The van der Waals surface area contributed by atoms with Crippen molar-refractivity contribution in [2.24, 2.45) is 0 Å². The van der Waals surface area contributed by atoms with Gasteiger partial charge in [0.2, 0.25) is 0 Å². The number of nitrogens with zero attached hydrogens (tertiary/aromatic N) is 3. The van der Waals surface area contributed by atoms with Crippen molar-refractivity contribution in [2.45, 2.75) is 31.3 Å². The Morgan fingerprint density at radius 2 is 1.84 bits per heavy atom. The first-order valence-electron chi connectivity index (χ1n) is 11.3. The van der Waals surface area contributed by atoms with Crippen LogP contribution in [0.25, 0.3) is 0 Å². The summed E-state index contributed by atoms with van der Waals surface area (Å²) >= 11 is 7.49. The van der Waals surface area contributed by atoms with E-state index in [1.807, 2.05) is 0 Å². The second-order valence-electron chi connectivity index (χ2n) is 9.35. The van der Waals surface area contributed by atoms with Crippen LogP contribution < -0.4 is 14.9 Å². The molecule has 206 valence electrons. The van der Waals surface area contributed by atoms with Gasteiger partial charge in [-0.3, -0.25) is 4.72 Å². The summed E-state index contributed by atoms with van der Waals surface area (Å²) < 4.78 is 61.8. The van der Waals surface area contributed by atoms with Gasteiger partial charge in [-0.05, 0) is 45.0 Å². The van der Waals surface area contributed by atoms with Crippen LogP contribution >= 0.6 is 22.9 Å². The Bertz CT molecular complexity index is 1400. The standard InChI is InChI=1S/C24H28ClF2N5O4S2/c1-24(2,3)36-23(33)32(5)9-8-31(4)20-10-15(26)6-7-18(20)29-19-12-17(27)21(11-16(19)25)38(34,35)30-22-13-37-14-28-22/h6-7,10-14,29-30H,8-9H2,1-5H3. The van der Waals surface area contributed by atoms with Gasteiger partial charge < -0.3 is 19.9 Å². The number of nitrogens with one attached hydrogen (secondary N) is 2. The summed E-state index contributed by atoms with van der Waals surface area (Å²) in [4.78, 5) is 18.5. The maximum atomic E-state index is 14.9. The Kier molecular flexibility index (Phi) is 9.05. The number of carbonyl (C=O) groups excluding carboxylic acids is 1. The number of benzene rings is 2. The molecule has 9 nitrogen and oxygen atoms in total. The van der Waals surface area contributed by atoms with Crippen LogP contribution in [0.15, 0.2) is 46.1 Å². The molecule has 0 aliphatic rings. The van der Waals surface area contributed by atoms with Crippen molar-refractivity contribution in [1.82, 2.24) is 9.88 Å². The molecular formula is C24H28ClF2N5O4S2. The van der Waals surface area contributed by atoms with E-state index in [4.69, 9.17) is 16.3 Å². The van der Waals surface area contributed by atoms with E-state index in [0.29, 0.717) is 17.9 Å². The molecule has 3 rings (SSSR count). The van der Waals surface area contributed by atoms with Crippen LogP contribution in [0.2, 0.25) is 5.02 Å². The van der Waals surface area contributed by atoms with Gasteiger partial charge in [0.05, 0.1) is 27.6 Å². The molecule has 38 heavy (non-hydrogen) atoms. The van der Waals surface area contributed by atoms with Crippen LogP contribution in [0.4, 0.5) is 36.5 Å². The van der Waals surface area contributed by atoms with E-state index in [1.54, 1.807) is 39.8 Å². The third-order valence-electron chi connectivity index (χ3n) is 5.10. The van der Waals surface area contributed by atoms with Crippen molar-refractivity contribution in [2.75, 3.05) is 42.1 Å². The van der Waals surface area contributed by atoms with Crippen LogP contribution in [-0.2, 0) is 14.8 Å². The molecule has 1 heterocycles. The van der Waals surface area contributed by atoms with Crippen molar-refractivity contribution >= 4 is 61.9 Å². The predicted octanol–water partition coefficient (Wildman–Crippen LogP) is 5.92. The molecule has 2 aromatic carbocycles. The quantitative estimate of drug-likeness (QED) is 0.320. The number of sulfonamides is 1. The van der Waals surface area contributed by atoms with Crippen molar-refractivity contribution in [3.63, 3.8) is 0 Å². The molecule has 3 aromatic rings. The Hall–Kier alpha value is -3.16. The SMILES string of the molecule is CN(CCN(C)c1cc(F)ccc1Nc1cc(F)c(S(=O)(=O)Nc2cscn2)cc1Cl)C(=O)OC(C)(C)C. The molecule has 0 saturated carbocycles. The highest BCUT2D eigenvalue weighted by molar-refractivity contribution is 7.92. The van der Waals surface area contributed by atoms with E-state index in [1.165, 1.54) is 45.3 Å². The van der Waals surface area contributed by atoms with E-state index < -0.39 is 38.2 Å². The lowest BCUT2D eigenvalue weighted by molar-refractivity contribution is 0.0303. The normalized spacial score (nSPS) is 11.7. The van der Waals surface area contributed by atoms with Gasteiger partial charge in [-0.1, -0.05) is 11.6 Å². The van der Waals surface area contributed by atoms with Gasteiger partial charge in [-0.2, -0.15) is 0 Å². The Labute approximate surface area is 229 Å². The number of anilines is 4. The highest BCUT2D eigenvalue weighted by Gasteiger charge is 2.23. The number of thiazole rings is 1. The highest BCUT2D eigenvalue weighted by Crippen LogP contribution is 2.35. The summed E-state index contributed by atoms with van der Waals surface area (Å²) in [7, 11) is -0.990. The number of ether oxygens (including phenoxy) is 1. The van der Waals surface area contributed by atoms with Gasteiger partial charge in [-0.25, -0.2) is 27.0 Å². The molecule has 0 atom stereocenters. The fourth-order valence-corrected chi connectivity index (χ4v) is 5.13. The zero-order valence-corrected chi connectivity index (χ0v) is 23.8. The zero-order valence-electron chi connectivity index (χ0n) is 21.4. The molecule has 1 aromatic heterocycles. The lowest BCUT2D eigenvalue weighted by atomic mass is 10.2. The lowest BCUT2D eigenvalue weighted by Crippen LogP contribution is -2.38. The summed E-state index contributed by atoms with van der Waals surface area (Å²) in [5, 5.41) is 4.33. The third-order valence-corrected chi connectivity index (χ3v) is 7.37. The molecule has 0 bridgehead atoms. The number of carbonyl (C=O) groups is 1. The number of rotatable bonds is 9. The zero-order chi connectivity index (χ0) is 28.3. The molecule has 2 N–H and O–H groups in total. The fourth-order valence-electron chi connectivity index (χ4n) is 3.21. The van der Waals surface area contributed by atoms with Gasteiger partial charge in [0.25, 0.3) is 10.0 Å². The summed E-state index contributed by atoms with van der Waals surface area (Å²) in [6.45, 7) is 5.89. The van der Waals surface area contributed by atoms with Crippen LogP contribution in [0, 0.1) is 11.6 Å². The second-order valence-corrected chi connectivity index (χ2v) is 12.1. The maximum absolute atomic E-state index is 14.9. The number of aromatic nitrogens is 1. The molecule has 0 aliphatic carbocycles. The van der Waals surface area contributed by atoms with Gasteiger partial charge in [0, 0.05) is 38.6 Å². The fraction of sp³-hybridized carbons (Fsp3) is 0.333. The molecule has 0 spiro atoms. The Balaban J connectivity index is 1.80. The van der Waals surface area contributed by atoms with Gasteiger partial charge >= 0.3 is 6.09 Å². The lowest BCUT2D eigenvalue weighted by Gasteiger charge is -2.28. The largest absolute Gasteiger partial charge is 0.444 e. The number of hydrogen-bond acceptors (Lipinski definition) is 8. The molecule has 0 radical (unpaired) electrons. The molecule has 0 aliphatic heterocycles. The molecule has 0 saturated heterocycles. The first-order chi connectivity index (χ1) is 17.7. The molecule has 0 unspecified atom stereocenters. The number of halogens is 3. The average molecular weight is 588 g/mol. The first kappa shape index (κ1) is 29.4. The van der Waals surface area contributed by atoms with Gasteiger partial charge in [0.1, 0.15) is 22.1 Å². The Morgan fingerprint density at radius 3 is 2.47 bits per heavy atom. The minimum atomic E-state index is -4.28. The van der Waals surface area contributed by atoms with Crippen molar-refractivity contribution in [1.29, 1.82) is 0 Å². The first-order valence-corrected chi connectivity index (χ1v) is 14.1. The average Bonchev–Trinajstić information content (AvgIpc) is 3.31. The summed E-state index contributed by atoms with van der Waals surface area (Å²) in [5.41, 5.74) is 1.65. The van der Waals surface area contributed by atoms with E-state index in [2.05, 4.69) is 15.0 Å². The minimum absolute atomic E-state index is 0.0593. The van der Waals surface area contributed by atoms with Crippen molar-refractivity contribution in [3.05, 3.63) is 57.9 Å². The van der Waals surface area contributed by atoms with E-state index >= 15 is 0 Å². The van der Waals surface area contributed by atoms with Crippen LogP contribution in [-0.4, -0.2) is 57.2 Å². The highest BCUT2D eigenvalue weighted by atomic mass is 35.5. The van der Waals surface area contributed by atoms with Gasteiger partial charge in [0.15, 0.2) is 5.82 Å². The molecule has 0 fully saturated rings. The smallest absolute Gasteiger partial charge is 0.410 e. The molecule has 1 amide bonds. The summed E-state index contributed by atoms with van der Waals surface area (Å²) in [6, 6.07) is 5.86. The Morgan fingerprint density at radius 1 is 1.13 bits per heavy atom. The van der Waals surface area contributed by atoms with Crippen LogP contribution in [0.1, 0.15) is 20.8 Å². The van der Waals surface area contributed by atoms with Gasteiger partial charge in [-0.15, -0.1) is 11.3 Å². The maximum Gasteiger partial charge on any atom is 0.410 e. The topological polar surface area (TPSA) is 104 Å². The summed E-state index contributed by atoms with van der Waals surface area (Å²) in [5.74, 6) is -1.50. The van der Waals surface area contributed by atoms with E-state index in [9.17, 15) is 22.0 Å². The molecular weight excluding hydrogens is 560 g/mol. The number of hydrogen-bond donors (Lipinski definition) is 2. The second kappa shape index (κ2) is 11.7. The number of likely N-dealkylation sites (N-methyl/N-ethyl adjacent to an activating group) is 2. The molecule has 14 heteroatoms. The van der Waals surface area contributed by atoms with E-state index in [-0.39, 0.29) is 23.1 Å². The van der Waals surface area contributed by atoms with Crippen LogP contribution in [0.5, 0.6) is 0 Å². The van der Waals surface area contributed by atoms with Crippen LogP contribution in [0.3, 0.4) is 0 Å². The van der Waals surface area contributed by atoms with E-state index in [0.717, 1.165) is 12.1 Å². The summed E-state index contributed by atoms with van der Waals surface area (Å²) in [6.07, 6.45) is -0.495. The number of amides is 1. The monoisotopic (exact) mass is 587 g/mol.